The van der Waals surface area contributed by atoms with Gasteiger partial charge in [-0.3, -0.25) is 4.79 Å². The highest BCUT2D eigenvalue weighted by molar-refractivity contribution is 5.69. The van der Waals surface area contributed by atoms with E-state index >= 15 is 0 Å². The standard InChI is InChI=1S/C67H98O4/c1-7-8-9-10-11-12-13-14-15-16-17-18-19-20-30-40-64(68)71-59(51-70-67(54-34-24-21-25-35-54,55-36-26-22-27-37-55)56-38-28-23-29-39-56)50-69-58-45-47-65(5)57(49-58)41-42-60-62-44-43-61(53(4)33-31-32-52(2)3)66(62,6)48-46-63(60)65/h14-15,21-29,34-39,41,52-53,58-63H,7-13,16-20,30-33,40,42-51H2,1-6H3/b15-14-/t53-,58?,59?,60?,61-,62?,63?,65+,66-/m1/s1. The third-order valence-corrected chi connectivity index (χ3v) is 18.7. The molecule has 0 heterocycles. The predicted octanol–water partition coefficient (Wildman–Crippen LogP) is 18.4. The molecule has 0 aromatic heterocycles. The molecule has 0 aliphatic heterocycles. The number of hydrogen-bond donors (Lipinski definition) is 0. The van der Waals surface area contributed by atoms with Crippen LogP contribution in [-0.4, -0.2) is 31.4 Å². The van der Waals surface area contributed by atoms with Crippen LogP contribution in [0.2, 0.25) is 0 Å². The first-order valence-electron chi connectivity index (χ1n) is 29.5. The second kappa shape index (κ2) is 27.7. The molecular weight excluding hydrogens is 869 g/mol. The summed E-state index contributed by atoms with van der Waals surface area (Å²) in [5.41, 5.74) is 4.60. The van der Waals surface area contributed by atoms with Gasteiger partial charge in [0.2, 0.25) is 0 Å². The van der Waals surface area contributed by atoms with Crippen molar-refractivity contribution in [2.45, 2.75) is 220 Å². The molecular formula is C67H98O4. The van der Waals surface area contributed by atoms with Crippen LogP contribution in [0.15, 0.2) is 115 Å². The lowest BCUT2D eigenvalue weighted by Gasteiger charge is -2.58. The van der Waals surface area contributed by atoms with E-state index in [0.717, 1.165) is 90.7 Å². The summed E-state index contributed by atoms with van der Waals surface area (Å²) in [6.07, 6.45) is 37.7. The summed E-state index contributed by atoms with van der Waals surface area (Å²) in [5, 5.41) is 0. The number of allylic oxidation sites excluding steroid dienone is 3. The molecule has 0 bridgehead atoms. The first-order chi connectivity index (χ1) is 34.6. The highest BCUT2D eigenvalue weighted by Gasteiger charge is 2.59. The van der Waals surface area contributed by atoms with Gasteiger partial charge in [0.05, 0.1) is 19.3 Å². The molecule has 71 heavy (non-hydrogen) atoms. The summed E-state index contributed by atoms with van der Waals surface area (Å²) < 4.78 is 20.7. The fourth-order valence-electron chi connectivity index (χ4n) is 14.7. The van der Waals surface area contributed by atoms with Gasteiger partial charge in [-0.25, -0.2) is 0 Å². The summed E-state index contributed by atoms with van der Waals surface area (Å²) in [6, 6.07) is 31.6. The lowest BCUT2D eigenvalue weighted by Crippen LogP contribution is -2.51. The monoisotopic (exact) mass is 967 g/mol. The molecule has 0 radical (unpaired) electrons. The zero-order chi connectivity index (χ0) is 49.9. The molecule has 4 aliphatic carbocycles. The smallest absolute Gasteiger partial charge is 0.306 e. The summed E-state index contributed by atoms with van der Waals surface area (Å²) in [5.74, 6) is 4.83. The molecule has 0 saturated heterocycles. The largest absolute Gasteiger partial charge is 0.457 e. The zero-order valence-electron chi connectivity index (χ0n) is 45.7. The molecule has 3 aromatic rings. The van der Waals surface area contributed by atoms with Gasteiger partial charge in [-0.05, 0) is 146 Å². The third kappa shape index (κ3) is 14.4. The average Bonchev–Trinajstić information content (AvgIpc) is 3.75. The van der Waals surface area contributed by atoms with Crippen molar-refractivity contribution in [2.75, 3.05) is 13.2 Å². The Bertz CT molecular complexity index is 1940. The van der Waals surface area contributed by atoms with Crippen molar-refractivity contribution in [3.05, 3.63) is 131 Å². The number of fused-ring (bicyclic) bond motifs is 5. The van der Waals surface area contributed by atoms with Crippen molar-refractivity contribution in [2.24, 2.45) is 46.3 Å². The lowest BCUT2D eigenvalue weighted by atomic mass is 9.47. The topological polar surface area (TPSA) is 44.8 Å². The van der Waals surface area contributed by atoms with Crippen molar-refractivity contribution in [3.8, 4) is 0 Å². The average molecular weight is 968 g/mol. The Kier molecular flexibility index (Phi) is 21.6. The Balaban J connectivity index is 0.978. The molecule has 0 spiro atoms. The van der Waals surface area contributed by atoms with E-state index in [1.807, 2.05) is 0 Å². The van der Waals surface area contributed by atoms with Crippen LogP contribution in [0.3, 0.4) is 0 Å². The highest BCUT2D eigenvalue weighted by atomic mass is 16.6. The van der Waals surface area contributed by atoms with Gasteiger partial charge < -0.3 is 14.2 Å². The number of benzene rings is 3. The molecule has 3 aromatic carbocycles. The van der Waals surface area contributed by atoms with Crippen molar-refractivity contribution in [1.82, 2.24) is 0 Å². The fourth-order valence-corrected chi connectivity index (χ4v) is 14.7. The SMILES string of the molecule is CCCCCCCC/C=C\CCCCCCCC(=O)OC(COC1CC[C@@]2(C)C(=CCC3C2CC[C@@]2(C)C3CC[C@@H]2[C@H](C)CCCC(C)C)C1)COC(c1ccccc1)(c1ccccc1)c1ccccc1. The van der Waals surface area contributed by atoms with Gasteiger partial charge in [-0.15, -0.1) is 0 Å². The Hall–Kier alpha value is -3.47. The molecule has 4 nitrogen and oxygen atoms in total. The third-order valence-electron chi connectivity index (χ3n) is 18.7. The molecule has 0 amide bonds. The van der Waals surface area contributed by atoms with Crippen LogP contribution in [0.25, 0.3) is 0 Å². The number of esters is 1. The van der Waals surface area contributed by atoms with E-state index < -0.39 is 11.7 Å². The maximum Gasteiger partial charge on any atom is 0.306 e. The van der Waals surface area contributed by atoms with Crippen LogP contribution in [0, 0.1) is 46.3 Å². The van der Waals surface area contributed by atoms with Crippen LogP contribution < -0.4 is 0 Å². The second-order valence-electron chi connectivity index (χ2n) is 24.0. The second-order valence-corrected chi connectivity index (χ2v) is 24.0. The summed E-state index contributed by atoms with van der Waals surface area (Å²) in [6.45, 7) is 15.5. The van der Waals surface area contributed by atoms with Gasteiger partial charge in [0, 0.05) is 6.42 Å². The fraction of sp³-hybridized carbons (Fsp3) is 0.657. The van der Waals surface area contributed by atoms with E-state index in [1.54, 1.807) is 5.57 Å². The van der Waals surface area contributed by atoms with E-state index in [-0.39, 0.29) is 24.1 Å². The van der Waals surface area contributed by atoms with Crippen LogP contribution in [0.5, 0.6) is 0 Å². The predicted molar refractivity (Wildman–Crippen MR) is 297 cm³/mol. The molecule has 0 N–H and O–H groups in total. The zero-order valence-corrected chi connectivity index (χ0v) is 45.7. The highest BCUT2D eigenvalue weighted by Crippen LogP contribution is 2.67. The van der Waals surface area contributed by atoms with Crippen molar-refractivity contribution in [1.29, 1.82) is 0 Å². The van der Waals surface area contributed by atoms with Crippen LogP contribution in [0.4, 0.5) is 0 Å². The van der Waals surface area contributed by atoms with E-state index in [1.165, 1.54) is 116 Å². The van der Waals surface area contributed by atoms with E-state index in [0.29, 0.717) is 18.4 Å². The Morgan fingerprint density at radius 2 is 1.25 bits per heavy atom. The van der Waals surface area contributed by atoms with Crippen LogP contribution in [0.1, 0.15) is 219 Å². The quantitative estimate of drug-likeness (QED) is 0.0289. The number of carbonyl (C=O) groups excluding carboxylic acids is 1. The number of hydrogen-bond acceptors (Lipinski definition) is 4. The van der Waals surface area contributed by atoms with E-state index in [9.17, 15) is 4.79 Å². The molecule has 3 fully saturated rings. The van der Waals surface area contributed by atoms with Gasteiger partial charge in [0.1, 0.15) is 11.7 Å². The molecule has 9 atom stereocenters. The normalized spacial score (nSPS) is 26.1. The maximum atomic E-state index is 13.8. The lowest BCUT2D eigenvalue weighted by molar-refractivity contribution is -0.162. The van der Waals surface area contributed by atoms with Gasteiger partial charge in [0.25, 0.3) is 0 Å². The number of rotatable bonds is 30. The first-order valence-corrected chi connectivity index (χ1v) is 29.5. The summed E-state index contributed by atoms with van der Waals surface area (Å²) in [7, 11) is 0. The van der Waals surface area contributed by atoms with Gasteiger partial charge in [-0.2, -0.15) is 0 Å². The molecule has 7 rings (SSSR count). The minimum atomic E-state index is -0.908. The number of unbranched alkanes of at least 4 members (excludes halogenated alkanes) is 11. The minimum absolute atomic E-state index is 0.107. The first kappa shape index (κ1) is 55.3. The molecule has 3 saturated carbocycles. The summed E-state index contributed by atoms with van der Waals surface area (Å²) in [4.78, 5) is 13.8. The molecule has 390 valence electrons. The van der Waals surface area contributed by atoms with Gasteiger partial charge in [-0.1, -0.05) is 227 Å². The Morgan fingerprint density at radius 3 is 1.86 bits per heavy atom. The maximum absolute atomic E-state index is 13.8. The van der Waals surface area contributed by atoms with Crippen molar-refractivity contribution in [3.63, 3.8) is 0 Å². The van der Waals surface area contributed by atoms with Gasteiger partial charge >= 0.3 is 5.97 Å². The molecule has 4 heteroatoms. The van der Waals surface area contributed by atoms with E-state index in [2.05, 4.69) is 151 Å². The molecule has 5 unspecified atom stereocenters. The van der Waals surface area contributed by atoms with Gasteiger partial charge in [0.15, 0.2) is 0 Å². The van der Waals surface area contributed by atoms with E-state index in [4.69, 9.17) is 14.2 Å². The Morgan fingerprint density at radius 1 is 0.662 bits per heavy atom. The van der Waals surface area contributed by atoms with Crippen molar-refractivity contribution >= 4 is 5.97 Å². The minimum Gasteiger partial charge on any atom is -0.457 e. The van der Waals surface area contributed by atoms with Crippen molar-refractivity contribution < 1.29 is 19.0 Å². The van der Waals surface area contributed by atoms with Crippen LogP contribution in [-0.2, 0) is 24.6 Å². The number of carbonyl (C=O) groups is 1. The molecule has 4 aliphatic rings. The summed E-state index contributed by atoms with van der Waals surface area (Å²) >= 11 is 0. The number of ether oxygens (including phenoxy) is 3. The Labute approximate surface area is 434 Å². The van der Waals surface area contributed by atoms with Crippen LogP contribution >= 0.6 is 0 Å².